The third-order valence-electron chi connectivity index (χ3n) is 14.6. The molecule has 0 atom stereocenters. The molecular weight excluding hydrogens is 895 g/mol. The summed E-state index contributed by atoms with van der Waals surface area (Å²) >= 11 is 0. The predicted octanol–water partition coefficient (Wildman–Crippen LogP) is 19.7. The number of anilines is 3. The van der Waals surface area contributed by atoms with E-state index in [-0.39, 0.29) is 0 Å². The van der Waals surface area contributed by atoms with Gasteiger partial charge >= 0.3 is 0 Å². The minimum absolute atomic E-state index is 0.813. The van der Waals surface area contributed by atoms with Gasteiger partial charge in [0.05, 0.1) is 11.1 Å². The summed E-state index contributed by atoms with van der Waals surface area (Å²) in [6.07, 6.45) is 1.68. The van der Waals surface area contributed by atoms with Crippen molar-refractivity contribution in [3.63, 3.8) is 0 Å². The summed E-state index contributed by atoms with van der Waals surface area (Å²) in [6, 6.07) is 103. The molecule has 0 aliphatic carbocycles. The van der Waals surface area contributed by atoms with E-state index in [9.17, 15) is 0 Å². The van der Waals surface area contributed by atoms with E-state index < -0.39 is 0 Å². The molecule has 1 aromatic heterocycles. The predicted molar refractivity (Wildman–Crippen MR) is 312 cm³/mol. The topological polar surface area (TPSA) is 16.4 Å². The molecule has 0 aliphatic rings. The highest BCUT2D eigenvalue weighted by Gasteiger charge is 2.23. The Balaban J connectivity index is 0.935. The second kappa shape index (κ2) is 19.6. The zero-order valence-corrected chi connectivity index (χ0v) is 40.9. The SMILES string of the molecule is c1ccc(Cc2ccccc2-c2ccc(-c3cccc(N(c4ccc(-c5ccc(-c6cccc7ccccc67)cc5)cc4)c4ccc(-c5ccccc5)c5oc6ccccc6c45)c3)cc2Cc2ccccc2)cc1. The third kappa shape index (κ3) is 8.63. The lowest BCUT2D eigenvalue weighted by atomic mass is 9.88. The van der Waals surface area contributed by atoms with Crippen molar-refractivity contribution in [3.8, 4) is 55.6 Å². The Bertz CT molecular complexity index is 4090. The van der Waals surface area contributed by atoms with E-state index in [2.05, 4.69) is 290 Å². The van der Waals surface area contributed by atoms with Crippen molar-refractivity contribution in [2.75, 3.05) is 4.90 Å². The monoisotopic (exact) mass is 945 g/mol. The summed E-state index contributed by atoms with van der Waals surface area (Å²) in [5.74, 6) is 0. The molecule has 0 unspecified atom stereocenters. The number of furan rings is 1. The maximum atomic E-state index is 6.86. The van der Waals surface area contributed by atoms with Gasteiger partial charge < -0.3 is 9.32 Å². The van der Waals surface area contributed by atoms with E-state index in [0.29, 0.717) is 0 Å². The number of hydrogen-bond donors (Lipinski definition) is 0. The molecule has 0 saturated heterocycles. The lowest BCUT2D eigenvalue weighted by Gasteiger charge is -2.27. The fourth-order valence-corrected chi connectivity index (χ4v) is 11.0. The van der Waals surface area contributed by atoms with E-state index >= 15 is 0 Å². The smallest absolute Gasteiger partial charge is 0.145 e. The van der Waals surface area contributed by atoms with Crippen LogP contribution in [0.15, 0.2) is 290 Å². The first-order valence-electron chi connectivity index (χ1n) is 25.6. The molecule has 0 radical (unpaired) electrons. The first-order chi connectivity index (χ1) is 36.7. The summed E-state index contributed by atoms with van der Waals surface area (Å²) in [6.45, 7) is 0. The number of fused-ring (bicyclic) bond motifs is 4. The highest BCUT2D eigenvalue weighted by atomic mass is 16.3. The zero-order chi connectivity index (χ0) is 49.2. The van der Waals surface area contributed by atoms with Crippen molar-refractivity contribution in [2.45, 2.75) is 12.8 Å². The van der Waals surface area contributed by atoms with Gasteiger partial charge in [-0.25, -0.2) is 0 Å². The molecule has 0 N–H and O–H groups in total. The van der Waals surface area contributed by atoms with Crippen molar-refractivity contribution in [1.29, 1.82) is 0 Å². The quantitative estimate of drug-likeness (QED) is 0.121. The minimum Gasteiger partial charge on any atom is -0.455 e. The summed E-state index contributed by atoms with van der Waals surface area (Å²) in [4.78, 5) is 2.41. The van der Waals surface area contributed by atoms with Gasteiger partial charge in [-0.15, -0.1) is 0 Å². The molecule has 1 heterocycles. The Morgan fingerprint density at radius 2 is 0.811 bits per heavy atom. The van der Waals surface area contributed by atoms with Crippen molar-refractivity contribution in [3.05, 3.63) is 307 Å². The van der Waals surface area contributed by atoms with Gasteiger partial charge in [0.1, 0.15) is 11.2 Å². The summed E-state index contributed by atoms with van der Waals surface area (Å²) in [7, 11) is 0. The van der Waals surface area contributed by atoms with Crippen LogP contribution in [0, 0.1) is 0 Å². The Labute approximate surface area is 432 Å². The number of para-hydroxylation sites is 1. The van der Waals surface area contributed by atoms with Crippen molar-refractivity contribution < 1.29 is 4.42 Å². The maximum Gasteiger partial charge on any atom is 0.145 e. The molecule has 0 fully saturated rings. The molecule has 74 heavy (non-hydrogen) atoms. The van der Waals surface area contributed by atoms with Crippen LogP contribution in [0.4, 0.5) is 17.1 Å². The first kappa shape index (κ1) is 44.4. The van der Waals surface area contributed by atoms with Gasteiger partial charge in [-0.05, 0) is 138 Å². The van der Waals surface area contributed by atoms with E-state index in [0.717, 1.165) is 74.1 Å². The average Bonchev–Trinajstić information content (AvgIpc) is 3.89. The van der Waals surface area contributed by atoms with Crippen LogP contribution in [0.5, 0.6) is 0 Å². The van der Waals surface area contributed by atoms with Gasteiger partial charge in [0, 0.05) is 22.3 Å². The standard InChI is InChI=1S/C72H51NO/c1-4-18-50(19-5-1)46-59-25-11-13-30-65(59)66-43-40-58(48-60(66)47-51-20-6-2-7-21-51)57-27-16-28-62(49-57)73(69-45-44-67(55-22-8-3-9-23-55)72-71(69)68-31-14-15-33-70(68)74-72)61-41-38-53(39-42-61)52-34-36-56(37-35-52)64-32-17-26-54-24-10-12-29-63(54)64/h1-45,48-49H,46-47H2. The second-order valence-corrected chi connectivity index (χ2v) is 19.2. The minimum atomic E-state index is 0.813. The van der Waals surface area contributed by atoms with Crippen LogP contribution in [-0.2, 0) is 12.8 Å². The molecule has 0 aliphatic heterocycles. The second-order valence-electron chi connectivity index (χ2n) is 19.2. The molecule has 2 nitrogen and oxygen atoms in total. The molecule has 0 spiro atoms. The Morgan fingerprint density at radius 3 is 1.58 bits per heavy atom. The highest BCUT2D eigenvalue weighted by molar-refractivity contribution is 6.17. The summed E-state index contributed by atoms with van der Waals surface area (Å²) < 4.78 is 6.86. The van der Waals surface area contributed by atoms with Gasteiger partial charge in [0.25, 0.3) is 0 Å². The normalized spacial score (nSPS) is 11.4. The summed E-state index contributed by atoms with van der Waals surface area (Å²) in [5, 5.41) is 4.66. The lowest BCUT2D eigenvalue weighted by molar-refractivity contribution is 0.670. The zero-order valence-electron chi connectivity index (χ0n) is 40.9. The molecule has 350 valence electrons. The van der Waals surface area contributed by atoms with Gasteiger partial charge in [-0.2, -0.15) is 0 Å². The molecule has 0 bridgehead atoms. The van der Waals surface area contributed by atoms with Crippen molar-refractivity contribution in [1.82, 2.24) is 0 Å². The fraction of sp³-hybridized carbons (Fsp3) is 0.0278. The first-order valence-corrected chi connectivity index (χ1v) is 25.6. The van der Waals surface area contributed by atoms with Crippen LogP contribution < -0.4 is 4.90 Å². The number of hydrogen-bond acceptors (Lipinski definition) is 2. The lowest BCUT2D eigenvalue weighted by Crippen LogP contribution is -2.10. The van der Waals surface area contributed by atoms with Gasteiger partial charge in [-0.3, -0.25) is 0 Å². The molecule has 0 amide bonds. The largest absolute Gasteiger partial charge is 0.455 e. The van der Waals surface area contributed by atoms with Crippen LogP contribution in [0.2, 0.25) is 0 Å². The van der Waals surface area contributed by atoms with Crippen LogP contribution in [0.3, 0.4) is 0 Å². The molecule has 2 heteroatoms. The van der Waals surface area contributed by atoms with Crippen LogP contribution in [0.1, 0.15) is 22.3 Å². The number of benzene rings is 12. The molecule has 13 rings (SSSR count). The number of nitrogens with zero attached hydrogens (tertiary/aromatic N) is 1. The molecule has 12 aromatic carbocycles. The molecule has 0 saturated carbocycles. The van der Waals surface area contributed by atoms with E-state index in [1.165, 1.54) is 66.4 Å². The Kier molecular flexibility index (Phi) is 11.8. The summed E-state index contributed by atoms with van der Waals surface area (Å²) in [5.41, 5.74) is 21.9. The van der Waals surface area contributed by atoms with Crippen molar-refractivity contribution in [2.24, 2.45) is 0 Å². The molecule has 13 aromatic rings. The molecular formula is C72H51NO. The van der Waals surface area contributed by atoms with Crippen LogP contribution in [0.25, 0.3) is 88.3 Å². The van der Waals surface area contributed by atoms with E-state index in [1.807, 2.05) is 0 Å². The van der Waals surface area contributed by atoms with E-state index in [4.69, 9.17) is 4.42 Å². The highest BCUT2D eigenvalue weighted by Crippen LogP contribution is 2.47. The Hall–Kier alpha value is -9.50. The van der Waals surface area contributed by atoms with Gasteiger partial charge in [-0.1, -0.05) is 243 Å². The fourth-order valence-electron chi connectivity index (χ4n) is 11.0. The average molecular weight is 946 g/mol. The van der Waals surface area contributed by atoms with Crippen LogP contribution in [-0.4, -0.2) is 0 Å². The number of rotatable bonds is 12. The van der Waals surface area contributed by atoms with Crippen molar-refractivity contribution >= 4 is 49.8 Å². The van der Waals surface area contributed by atoms with Crippen LogP contribution >= 0.6 is 0 Å². The van der Waals surface area contributed by atoms with E-state index in [1.54, 1.807) is 0 Å². The maximum absolute atomic E-state index is 6.86. The van der Waals surface area contributed by atoms with Gasteiger partial charge in [0.15, 0.2) is 0 Å². The third-order valence-corrected chi connectivity index (χ3v) is 14.6. The van der Waals surface area contributed by atoms with Gasteiger partial charge in [0.2, 0.25) is 0 Å². The Morgan fingerprint density at radius 1 is 0.297 bits per heavy atom.